The average molecular weight is 579 g/mol. The lowest BCUT2D eigenvalue weighted by molar-refractivity contribution is 0.495. The van der Waals surface area contributed by atoms with E-state index in [0.717, 1.165) is 12.3 Å². The van der Waals surface area contributed by atoms with Crippen LogP contribution in [0, 0.1) is 0 Å². The van der Waals surface area contributed by atoms with Crippen LogP contribution in [0.5, 0.6) is 0 Å². The molecule has 0 N–H and O–H groups in total. The molecule has 7 rings (SSSR count). The van der Waals surface area contributed by atoms with Gasteiger partial charge in [-0.25, -0.2) is 4.98 Å². The zero-order valence-electron chi connectivity index (χ0n) is 27.0. The molecule has 0 aliphatic carbocycles. The molecule has 0 amide bonds. The lowest BCUT2D eigenvalue weighted by Gasteiger charge is -2.28. The van der Waals surface area contributed by atoms with Crippen molar-refractivity contribution in [3.05, 3.63) is 126 Å². The average Bonchev–Trinajstić information content (AvgIpc) is 3.67. The number of nitrogens with zero attached hydrogens (tertiary/aromatic N) is 4. The van der Waals surface area contributed by atoms with Gasteiger partial charge in [0.25, 0.3) is 0 Å². The second kappa shape index (κ2) is 10.6. The third kappa shape index (κ3) is 4.47. The number of imidazole rings is 1. The molecule has 1 aliphatic rings. The number of hydrogen-bond donors (Lipinski definition) is 0. The van der Waals surface area contributed by atoms with Gasteiger partial charge in [-0.2, -0.15) is 0 Å². The van der Waals surface area contributed by atoms with Crippen molar-refractivity contribution in [1.29, 1.82) is 0 Å². The van der Waals surface area contributed by atoms with E-state index in [1.54, 1.807) is 0 Å². The second-order valence-electron chi connectivity index (χ2n) is 13.5. The third-order valence-electron chi connectivity index (χ3n) is 9.58. The molecule has 44 heavy (non-hydrogen) atoms. The van der Waals surface area contributed by atoms with Crippen molar-refractivity contribution < 1.29 is 0 Å². The summed E-state index contributed by atoms with van der Waals surface area (Å²) < 4.78 is 2.42. The van der Waals surface area contributed by atoms with Crippen LogP contribution >= 0.6 is 0 Å². The molecule has 0 fully saturated rings. The molecule has 1 aliphatic heterocycles. The van der Waals surface area contributed by atoms with Crippen molar-refractivity contribution in [2.75, 3.05) is 18.6 Å². The Morgan fingerprint density at radius 1 is 0.705 bits per heavy atom. The lowest BCUT2D eigenvalue weighted by atomic mass is 9.77. The van der Waals surface area contributed by atoms with Gasteiger partial charge in [0.15, 0.2) is 0 Å². The third-order valence-corrected chi connectivity index (χ3v) is 9.58. The minimum Gasteiger partial charge on any atom is -0.361 e. The maximum Gasteiger partial charge on any atom is 0.145 e. The molecule has 4 aromatic carbocycles. The number of anilines is 1. The molecule has 2 aromatic heterocycles. The SMILES string of the molecule is CC(C)c1cccc(C(C)C)c1-c1cnc2c3cc(C(C)(C)c4cccc(N5C=CN(C)C5)c4)ccc3c3ccccc3n12. The Hall–Kier alpha value is -4.57. The van der Waals surface area contributed by atoms with E-state index in [2.05, 4.69) is 166 Å². The van der Waals surface area contributed by atoms with Crippen LogP contribution in [0.3, 0.4) is 0 Å². The molecule has 0 radical (unpaired) electrons. The number of hydrogen-bond acceptors (Lipinski definition) is 3. The van der Waals surface area contributed by atoms with Gasteiger partial charge in [0.05, 0.1) is 24.1 Å². The van der Waals surface area contributed by atoms with Crippen LogP contribution < -0.4 is 4.90 Å². The zero-order valence-corrected chi connectivity index (χ0v) is 27.0. The molecule has 3 heterocycles. The Balaban J connectivity index is 1.46. The summed E-state index contributed by atoms with van der Waals surface area (Å²) >= 11 is 0. The summed E-state index contributed by atoms with van der Waals surface area (Å²) in [6.07, 6.45) is 6.39. The molecule has 6 aromatic rings. The largest absolute Gasteiger partial charge is 0.361 e. The summed E-state index contributed by atoms with van der Waals surface area (Å²) in [5, 5.41) is 3.68. The number of benzene rings is 4. The molecule has 4 nitrogen and oxygen atoms in total. The van der Waals surface area contributed by atoms with Crippen LogP contribution in [0.25, 0.3) is 38.6 Å². The summed E-state index contributed by atoms with van der Waals surface area (Å²) in [5.74, 6) is 0.807. The maximum atomic E-state index is 5.19. The number of aromatic nitrogens is 2. The summed E-state index contributed by atoms with van der Waals surface area (Å²) in [7, 11) is 2.11. The zero-order chi connectivity index (χ0) is 30.7. The number of para-hydroxylation sites is 1. The van der Waals surface area contributed by atoms with Gasteiger partial charge in [0, 0.05) is 46.9 Å². The quantitative estimate of drug-likeness (QED) is 0.184. The highest BCUT2D eigenvalue weighted by molar-refractivity contribution is 6.12. The van der Waals surface area contributed by atoms with Gasteiger partial charge in [0.2, 0.25) is 0 Å². The Morgan fingerprint density at radius 3 is 2.11 bits per heavy atom. The Morgan fingerprint density at radius 2 is 1.41 bits per heavy atom. The number of pyridine rings is 1. The summed E-state index contributed by atoms with van der Waals surface area (Å²) in [5.41, 5.74) is 11.0. The predicted octanol–water partition coefficient (Wildman–Crippen LogP) is 10.1. The van der Waals surface area contributed by atoms with Crippen LogP contribution in [0.4, 0.5) is 5.69 Å². The molecule has 0 saturated carbocycles. The first kappa shape index (κ1) is 28.2. The molecule has 0 atom stereocenters. The first-order valence-corrected chi connectivity index (χ1v) is 15.9. The van der Waals surface area contributed by atoms with Crippen molar-refractivity contribution >= 4 is 33.0 Å². The summed E-state index contributed by atoms with van der Waals surface area (Å²) in [6, 6.07) is 31.6. The molecule has 0 bridgehead atoms. The van der Waals surface area contributed by atoms with E-state index in [1.807, 2.05) is 0 Å². The van der Waals surface area contributed by atoms with Gasteiger partial charge in [0.1, 0.15) is 5.65 Å². The standard InChI is InChI=1S/C40H42N4/c1-26(2)31-15-11-16-32(27(3)4)38(31)37-24-41-39-35-23-29(18-19-33(35)34-14-8-9-17-36(34)44(37)39)40(5,6)28-12-10-13-30(22-28)43-21-20-42(7)25-43/h8-24,26-27H,25H2,1-7H3. The highest BCUT2D eigenvalue weighted by Gasteiger charge is 2.26. The van der Waals surface area contributed by atoms with Crippen LogP contribution in [-0.2, 0) is 5.41 Å². The van der Waals surface area contributed by atoms with Crippen molar-refractivity contribution in [3.8, 4) is 11.3 Å². The first-order valence-electron chi connectivity index (χ1n) is 15.9. The van der Waals surface area contributed by atoms with Crippen LogP contribution in [0.2, 0.25) is 0 Å². The monoisotopic (exact) mass is 578 g/mol. The second-order valence-corrected chi connectivity index (χ2v) is 13.5. The molecule has 222 valence electrons. The maximum absolute atomic E-state index is 5.19. The van der Waals surface area contributed by atoms with E-state index in [0.29, 0.717) is 11.8 Å². The summed E-state index contributed by atoms with van der Waals surface area (Å²) in [4.78, 5) is 9.68. The normalized spacial score (nSPS) is 13.9. The van der Waals surface area contributed by atoms with Gasteiger partial charge in [-0.3, -0.25) is 4.40 Å². The van der Waals surface area contributed by atoms with E-state index < -0.39 is 0 Å². The minimum atomic E-state index is -0.202. The van der Waals surface area contributed by atoms with E-state index >= 15 is 0 Å². The highest BCUT2D eigenvalue weighted by atomic mass is 15.3. The minimum absolute atomic E-state index is 0.202. The van der Waals surface area contributed by atoms with Gasteiger partial charge >= 0.3 is 0 Å². The molecular formula is C40H42N4. The smallest absolute Gasteiger partial charge is 0.145 e. The van der Waals surface area contributed by atoms with Gasteiger partial charge in [-0.15, -0.1) is 0 Å². The predicted molar refractivity (Wildman–Crippen MR) is 187 cm³/mol. The van der Waals surface area contributed by atoms with Gasteiger partial charge < -0.3 is 9.80 Å². The van der Waals surface area contributed by atoms with Gasteiger partial charge in [-0.05, 0) is 63.7 Å². The van der Waals surface area contributed by atoms with Crippen LogP contribution in [-0.4, -0.2) is 28.0 Å². The van der Waals surface area contributed by atoms with E-state index in [1.165, 1.54) is 60.9 Å². The van der Waals surface area contributed by atoms with Gasteiger partial charge in [-0.1, -0.05) is 102 Å². The fourth-order valence-electron chi connectivity index (χ4n) is 6.99. The molecule has 4 heteroatoms. The number of fused-ring (bicyclic) bond motifs is 6. The fraction of sp³-hybridized carbons (Fsp3) is 0.275. The molecule has 0 spiro atoms. The first-order chi connectivity index (χ1) is 21.1. The van der Waals surface area contributed by atoms with E-state index in [9.17, 15) is 0 Å². The molecule has 0 saturated heterocycles. The summed E-state index contributed by atoms with van der Waals surface area (Å²) in [6.45, 7) is 14.7. The topological polar surface area (TPSA) is 23.8 Å². The Kier molecular flexibility index (Phi) is 6.77. The number of rotatable bonds is 6. The van der Waals surface area contributed by atoms with E-state index in [-0.39, 0.29) is 5.41 Å². The highest BCUT2D eigenvalue weighted by Crippen LogP contribution is 2.41. The lowest BCUT2D eigenvalue weighted by Crippen LogP contribution is -2.23. The van der Waals surface area contributed by atoms with Crippen LogP contribution in [0.15, 0.2) is 104 Å². The molecular weight excluding hydrogens is 536 g/mol. The van der Waals surface area contributed by atoms with Crippen molar-refractivity contribution in [2.24, 2.45) is 0 Å². The molecule has 0 unspecified atom stereocenters. The Bertz CT molecular complexity index is 2030. The van der Waals surface area contributed by atoms with E-state index in [4.69, 9.17) is 4.98 Å². The Labute approximate surface area is 261 Å². The van der Waals surface area contributed by atoms with Crippen molar-refractivity contribution in [1.82, 2.24) is 14.3 Å². The van der Waals surface area contributed by atoms with Crippen molar-refractivity contribution in [3.63, 3.8) is 0 Å². The van der Waals surface area contributed by atoms with Crippen molar-refractivity contribution in [2.45, 2.75) is 58.8 Å². The fourth-order valence-corrected chi connectivity index (χ4v) is 6.99. The van der Waals surface area contributed by atoms with Crippen LogP contribution in [0.1, 0.15) is 75.6 Å².